The number of hydrogen-bond donors (Lipinski definition) is 1. The van der Waals surface area contributed by atoms with E-state index in [0.717, 1.165) is 16.7 Å². The number of rotatable bonds is 3. The summed E-state index contributed by atoms with van der Waals surface area (Å²) >= 11 is 0. The molecule has 0 saturated carbocycles. The molecule has 0 aromatic heterocycles. The first-order valence-electron chi connectivity index (χ1n) is 5.67. The number of carbonyl (C=O) groups is 1. The van der Waals surface area contributed by atoms with E-state index in [4.69, 9.17) is 4.74 Å². The normalized spacial score (nSPS) is 10.1. The number of benzene rings is 2. The van der Waals surface area contributed by atoms with Gasteiger partial charge >= 0.3 is 5.97 Å². The van der Waals surface area contributed by atoms with Crippen molar-refractivity contribution in [1.29, 1.82) is 0 Å². The van der Waals surface area contributed by atoms with Crippen LogP contribution in [0, 0.1) is 0 Å². The zero-order valence-corrected chi connectivity index (χ0v) is 10.1. The summed E-state index contributed by atoms with van der Waals surface area (Å²) in [5.41, 5.74) is 2.48. The Kier molecular flexibility index (Phi) is 3.63. The lowest BCUT2D eigenvalue weighted by atomic mass is 10.0. The van der Waals surface area contributed by atoms with Crippen molar-refractivity contribution in [2.75, 3.05) is 0 Å². The lowest BCUT2D eigenvalue weighted by molar-refractivity contribution is -0.142. The standard InChI is InChI=1S/C15H14O3/c1-11(16)18-10-12-7-8-14(15(17)9-12)13-5-3-2-4-6-13/h2-9,17H,10H2,1H3. The Balaban J connectivity index is 2.23. The number of aromatic hydroxyl groups is 1. The van der Waals surface area contributed by atoms with Gasteiger partial charge in [0.25, 0.3) is 0 Å². The minimum atomic E-state index is -0.332. The highest BCUT2D eigenvalue weighted by Crippen LogP contribution is 2.29. The molecule has 2 rings (SSSR count). The van der Waals surface area contributed by atoms with Crippen molar-refractivity contribution in [2.24, 2.45) is 0 Å². The third kappa shape index (κ3) is 2.88. The average molecular weight is 242 g/mol. The van der Waals surface area contributed by atoms with Crippen LogP contribution in [-0.4, -0.2) is 11.1 Å². The van der Waals surface area contributed by atoms with Crippen molar-refractivity contribution in [3.05, 3.63) is 54.1 Å². The summed E-state index contributed by atoms with van der Waals surface area (Å²) in [6.45, 7) is 1.54. The largest absolute Gasteiger partial charge is 0.507 e. The highest BCUT2D eigenvalue weighted by Gasteiger charge is 2.05. The van der Waals surface area contributed by atoms with Gasteiger partial charge in [0, 0.05) is 12.5 Å². The fraction of sp³-hybridized carbons (Fsp3) is 0.133. The van der Waals surface area contributed by atoms with Gasteiger partial charge in [-0.25, -0.2) is 0 Å². The van der Waals surface area contributed by atoms with E-state index in [1.807, 2.05) is 42.5 Å². The maximum atomic E-state index is 10.7. The summed E-state index contributed by atoms with van der Waals surface area (Å²) in [6.07, 6.45) is 0. The molecule has 3 heteroatoms. The maximum Gasteiger partial charge on any atom is 0.302 e. The first-order valence-corrected chi connectivity index (χ1v) is 5.67. The Morgan fingerprint density at radius 3 is 2.50 bits per heavy atom. The SMILES string of the molecule is CC(=O)OCc1ccc(-c2ccccc2)c(O)c1. The molecule has 3 nitrogen and oxygen atoms in total. The molecule has 2 aromatic rings. The smallest absolute Gasteiger partial charge is 0.302 e. The van der Waals surface area contributed by atoms with E-state index >= 15 is 0 Å². The van der Waals surface area contributed by atoms with E-state index < -0.39 is 0 Å². The van der Waals surface area contributed by atoms with Crippen molar-refractivity contribution in [3.63, 3.8) is 0 Å². The monoisotopic (exact) mass is 242 g/mol. The summed E-state index contributed by atoms with van der Waals surface area (Å²) in [4.78, 5) is 10.7. The summed E-state index contributed by atoms with van der Waals surface area (Å²) < 4.78 is 4.88. The number of ether oxygens (including phenoxy) is 1. The molecule has 18 heavy (non-hydrogen) atoms. The van der Waals surface area contributed by atoms with Crippen LogP contribution < -0.4 is 0 Å². The van der Waals surface area contributed by atoms with Crippen molar-refractivity contribution in [2.45, 2.75) is 13.5 Å². The van der Waals surface area contributed by atoms with Crippen LogP contribution in [0.15, 0.2) is 48.5 Å². The van der Waals surface area contributed by atoms with Gasteiger partial charge in [0.15, 0.2) is 0 Å². The molecular weight excluding hydrogens is 228 g/mol. The Morgan fingerprint density at radius 2 is 1.89 bits per heavy atom. The molecule has 0 atom stereocenters. The van der Waals surface area contributed by atoms with E-state index in [9.17, 15) is 9.90 Å². The van der Waals surface area contributed by atoms with Crippen LogP contribution >= 0.6 is 0 Å². The van der Waals surface area contributed by atoms with Crippen molar-refractivity contribution in [3.8, 4) is 16.9 Å². The molecule has 0 bridgehead atoms. The molecule has 0 unspecified atom stereocenters. The summed E-state index contributed by atoms with van der Waals surface area (Å²) in [5, 5.41) is 9.97. The molecule has 0 saturated heterocycles. The first-order chi connectivity index (χ1) is 8.66. The van der Waals surface area contributed by atoms with E-state index in [2.05, 4.69) is 0 Å². The predicted octanol–water partition coefficient (Wildman–Crippen LogP) is 3.12. The fourth-order valence-electron chi connectivity index (χ4n) is 1.71. The predicted molar refractivity (Wildman–Crippen MR) is 69.0 cm³/mol. The molecule has 0 radical (unpaired) electrons. The molecule has 0 fully saturated rings. The average Bonchev–Trinajstić information content (AvgIpc) is 2.37. The summed E-state index contributed by atoms with van der Waals surface area (Å²) in [5.74, 6) is -0.146. The van der Waals surface area contributed by atoms with Gasteiger partial charge in [0.2, 0.25) is 0 Å². The molecule has 0 aliphatic carbocycles. The molecule has 0 spiro atoms. The van der Waals surface area contributed by atoms with Crippen LogP contribution in [0.1, 0.15) is 12.5 Å². The first kappa shape index (κ1) is 12.2. The topological polar surface area (TPSA) is 46.5 Å². The fourth-order valence-corrected chi connectivity index (χ4v) is 1.71. The second-order valence-corrected chi connectivity index (χ2v) is 4.00. The van der Waals surface area contributed by atoms with Gasteiger partial charge in [-0.05, 0) is 17.2 Å². The highest BCUT2D eigenvalue weighted by atomic mass is 16.5. The molecule has 0 amide bonds. The van der Waals surface area contributed by atoms with E-state index in [-0.39, 0.29) is 18.3 Å². The minimum Gasteiger partial charge on any atom is -0.507 e. The zero-order valence-electron chi connectivity index (χ0n) is 10.1. The van der Waals surface area contributed by atoms with Crippen LogP contribution in [-0.2, 0) is 16.1 Å². The molecule has 1 N–H and O–H groups in total. The third-order valence-corrected chi connectivity index (χ3v) is 2.59. The molecule has 0 aliphatic heterocycles. The number of hydrogen-bond acceptors (Lipinski definition) is 3. The van der Waals surface area contributed by atoms with Gasteiger partial charge in [-0.3, -0.25) is 4.79 Å². The van der Waals surface area contributed by atoms with Gasteiger partial charge in [0.05, 0.1) is 0 Å². The van der Waals surface area contributed by atoms with Crippen LogP contribution in [0.5, 0.6) is 5.75 Å². The summed E-state index contributed by atoms with van der Waals surface area (Å²) in [7, 11) is 0. The molecular formula is C15H14O3. The van der Waals surface area contributed by atoms with E-state index in [1.54, 1.807) is 6.07 Å². The Bertz CT molecular complexity index is 547. The molecule has 0 aliphatic rings. The number of carbonyl (C=O) groups excluding carboxylic acids is 1. The van der Waals surface area contributed by atoms with Crippen molar-refractivity contribution >= 4 is 5.97 Å². The molecule has 92 valence electrons. The van der Waals surface area contributed by atoms with Crippen molar-refractivity contribution < 1.29 is 14.6 Å². The highest BCUT2D eigenvalue weighted by molar-refractivity contribution is 5.70. The van der Waals surface area contributed by atoms with E-state index in [0.29, 0.717) is 0 Å². The maximum absolute atomic E-state index is 10.7. The van der Waals surface area contributed by atoms with Crippen LogP contribution in [0.3, 0.4) is 0 Å². The summed E-state index contributed by atoms with van der Waals surface area (Å²) in [6, 6.07) is 14.9. The van der Waals surface area contributed by atoms with Crippen LogP contribution in [0.25, 0.3) is 11.1 Å². The Morgan fingerprint density at radius 1 is 1.17 bits per heavy atom. The van der Waals surface area contributed by atoms with Gasteiger partial charge < -0.3 is 9.84 Å². The van der Waals surface area contributed by atoms with Gasteiger partial charge in [-0.1, -0.05) is 42.5 Å². The van der Waals surface area contributed by atoms with E-state index in [1.165, 1.54) is 6.92 Å². The number of phenolic OH excluding ortho intramolecular Hbond substituents is 1. The van der Waals surface area contributed by atoms with Gasteiger partial charge in [-0.15, -0.1) is 0 Å². The number of esters is 1. The minimum absolute atomic E-state index is 0.179. The quantitative estimate of drug-likeness (QED) is 0.841. The molecule has 2 aromatic carbocycles. The lowest BCUT2D eigenvalue weighted by Gasteiger charge is -2.07. The lowest BCUT2D eigenvalue weighted by Crippen LogP contribution is -1.98. The third-order valence-electron chi connectivity index (χ3n) is 2.59. The zero-order chi connectivity index (χ0) is 13.0. The van der Waals surface area contributed by atoms with Crippen molar-refractivity contribution in [1.82, 2.24) is 0 Å². The second kappa shape index (κ2) is 5.36. The number of phenols is 1. The van der Waals surface area contributed by atoms with Crippen LogP contribution in [0.4, 0.5) is 0 Å². The van der Waals surface area contributed by atoms with Gasteiger partial charge in [-0.2, -0.15) is 0 Å². The Labute approximate surface area is 106 Å². The van der Waals surface area contributed by atoms with Crippen LogP contribution in [0.2, 0.25) is 0 Å². The second-order valence-electron chi connectivity index (χ2n) is 4.00. The van der Waals surface area contributed by atoms with Gasteiger partial charge in [0.1, 0.15) is 12.4 Å². The molecule has 0 heterocycles. The Hall–Kier alpha value is -2.29.